The average Bonchev–Trinajstić information content (AvgIpc) is 2.08. The summed E-state index contributed by atoms with van der Waals surface area (Å²) in [7, 11) is 4.19. The summed E-state index contributed by atoms with van der Waals surface area (Å²) >= 11 is 0. The molecule has 1 unspecified atom stereocenters. The molecule has 0 aliphatic carbocycles. The van der Waals surface area contributed by atoms with Crippen LogP contribution in [-0.4, -0.2) is 44.4 Å². The number of nitrogens with zero attached hydrogens (tertiary/aromatic N) is 1. The first-order valence-electron chi connectivity index (χ1n) is 5.37. The molecule has 0 bridgehead atoms. The molecular weight excluding hydrogens is 212 g/mol. The zero-order valence-electron chi connectivity index (χ0n) is 10.6. The number of hydrogen-bond donors (Lipinski definition) is 1. The Hall–Kier alpha value is 0.170. The van der Waals surface area contributed by atoms with Crippen molar-refractivity contribution in [2.45, 2.75) is 32.9 Å². The van der Waals surface area contributed by atoms with Crippen LogP contribution in [0.25, 0.3) is 0 Å². The van der Waals surface area contributed by atoms with Crippen molar-refractivity contribution in [1.29, 1.82) is 0 Å². The molecule has 0 aromatic carbocycles. The molecule has 1 atom stereocenters. The van der Waals surface area contributed by atoms with Gasteiger partial charge in [0.25, 0.3) is 0 Å². The maximum Gasteiger partial charge on any atom is 0.117 e. The smallest absolute Gasteiger partial charge is 0.117 e. The molecule has 1 aliphatic rings. The molecule has 1 fully saturated rings. The predicted octanol–water partition coefficient (Wildman–Crippen LogP) is 1.72. The van der Waals surface area contributed by atoms with E-state index in [0.717, 1.165) is 26.1 Å². The van der Waals surface area contributed by atoms with E-state index in [1.807, 2.05) is 0 Å². The molecular formula is C11H25ClN2O. The third-order valence-electron chi connectivity index (χ3n) is 2.76. The fourth-order valence-electron chi connectivity index (χ4n) is 1.48. The first-order chi connectivity index (χ1) is 6.33. The molecule has 3 nitrogen and oxygen atoms in total. The number of ether oxygens (including phenoxy) is 1. The standard InChI is InChI=1S/C11H24N2O.ClH/c1-10(2)8-12-11(3,14-9-10)6-7-13(4)5;/h12H,6-9H2,1-5H3;1H. The highest BCUT2D eigenvalue weighted by Crippen LogP contribution is 2.26. The van der Waals surface area contributed by atoms with Gasteiger partial charge in [0.05, 0.1) is 6.61 Å². The normalized spacial score (nSPS) is 30.0. The Morgan fingerprint density at radius 1 is 1.27 bits per heavy atom. The van der Waals surface area contributed by atoms with Gasteiger partial charge in [-0.1, -0.05) is 13.8 Å². The van der Waals surface area contributed by atoms with Gasteiger partial charge in [-0.25, -0.2) is 0 Å². The molecule has 1 rings (SSSR count). The lowest BCUT2D eigenvalue weighted by molar-refractivity contribution is -0.131. The largest absolute Gasteiger partial charge is 0.360 e. The second kappa shape index (κ2) is 5.48. The topological polar surface area (TPSA) is 24.5 Å². The van der Waals surface area contributed by atoms with Gasteiger partial charge in [0.1, 0.15) is 5.72 Å². The van der Waals surface area contributed by atoms with Crippen LogP contribution < -0.4 is 5.32 Å². The molecule has 0 aromatic heterocycles. The SMILES string of the molecule is CN(C)CCC1(C)NCC(C)(C)CO1.Cl. The van der Waals surface area contributed by atoms with Crippen LogP contribution in [0.2, 0.25) is 0 Å². The maximum atomic E-state index is 5.89. The highest BCUT2D eigenvalue weighted by Gasteiger charge is 2.34. The molecule has 0 saturated carbocycles. The summed E-state index contributed by atoms with van der Waals surface area (Å²) in [6.07, 6.45) is 1.04. The molecule has 1 heterocycles. The van der Waals surface area contributed by atoms with E-state index in [2.05, 4.69) is 45.1 Å². The van der Waals surface area contributed by atoms with Crippen molar-refractivity contribution in [2.75, 3.05) is 33.8 Å². The van der Waals surface area contributed by atoms with Crippen molar-refractivity contribution >= 4 is 12.4 Å². The molecule has 0 spiro atoms. The quantitative estimate of drug-likeness (QED) is 0.808. The van der Waals surface area contributed by atoms with Crippen LogP contribution in [0.3, 0.4) is 0 Å². The predicted molar refractivity (Wildman–Crippen MR) is 66.6 cm³/mol. The molecule has 1 N–H and O–H groups in total. The van der Waals surface area contributed by atoms with Crippen molar-refractivity contribution in [3.63, 3.8) is 0 Å². The van der Waals surface area contributed by atoms with Gasteiger partial charge in [-0.05, 0) is 21.0 Å². The number of hydrogen-bond acceptors (Lipinski definition) is 3. The summed E-state index contributed by atoms with van der Waals surface area (Å²) in [6.45, 7) is 9.55. The number of rotatable bonds is 3. The molecule has 0 radical (unpaired) electrons. The first-order valence-corrected chi connectivity index (χ1v) is 5.37. The van der Waals surface area contributed by atoms with Crippen molar-refractivity contribution in [1.82, 2.24) is 10.2 Å². The van der Waals surface area contributed by atoms with Crippen LogP contribution in [0.15, 0.2) is 0 Å². The van der Waals surface area contributed by atoms with Crippen molar-refractivity contribution in [3.05, 3.63) is 0 Å². The zero-order chi connectivity index (χ0) is 10.8. The van der Waals surface area contributed by atoms with E-state index in [1.54, 1.807) is 0 Å². The second-order valence-electron chi connectivity index (χ2n) is 5.59. The summed E-state index contributed by atoms with van der Waals surface area (Å²) in [5, 5.41) is 3.49. The highest BCUT2D eigenvalue weighted by atomic mass is 35.5. The van der Waals surface area contributed by atoms with E-state index in [1.165, 1.54) is 0 Å². The molecule has 92 valence electrons. The van der Waals surface area contributed by atoms with Gasteiger partial charge in [0.2, 0.25) is 0 Å². The molecule has 4 heteroatoms. The Labute approximate surface area is 100.0 Å². The van der Waals surface area contributed by atoms with Gasteiger partial charge in [-0.3, -0.25) is 5.32 Å². The second-order valence-corrected chi connectivity index (χ2v) is 5.59. The van der Waals surface area contributed by atoms with Crippen molar-refractivity contribution in [2.24, 2.45) is 5.41 Å². The minimum atomic E-state index is -0.125. The molecule has 15 heavy (non-hydrogen) atoms. The molecule has 0 amide bonds. The fraction of sp³-hybridized carbons (Fsp3) is 1.00. The highest BCUT2D eigenvalue weighted by molar-refractivity contribution is 5.85. The third kappa shape index (κ3) is 5.16. The van der Waals surface area contributed by atoms with Crippen molar-refractivity contribution in [3.8, 4) is 0 Å². The van der Waals surface area contributed by atoms with E-state index in [9.17, 15) is 0 Å². The third-order valence-corrected chi connectivity index (χ3v) is 2.76. The molecule has 1 aliphatic heterocycles. The Morgan fingerprint density at radius 3 is 2.27 bits per heavy atom. The van der Waals surface area contributed by atoms with Gasteiger partial charge < -0.3 is 9.64 Å². The van der Waals surface area contributed by atoms with Crippen molar-refractivity contribution < 1.29 is 4.74 Å². The fourth-order valence-corrected chi connectivity index (χ4v) is 1.48. The Balaban J connectivity index is 0.00000196. The van der Waals surface area contributed by atoms with E-state index >= 15 is 0 Å². The Kier molecular flexibility index (Phi) is 5.55. The lowest BCUT2D eigenvalue weighted by Crippen LogP contribution is -2.56. The van der Waals surface area contributed by atoms with Gasteiger partial charge >= 0.3 is 0 Å². The minimum Gasteiger partial charge on any atom is -0.360 e. The summed E-state index contributed by atoms with van der Waals surface area (Å²) in [5.74, 6) is 0. The minimum absolute atomic E-state index is 0. The average molecular weight is 237 g/mol. The van der Waals surface area contributed by atoms with Gasteiger partial charge in [-0.15, -0.1) is 12.4 Å². The van der Waals surface area contributed by atoms with E-state index in [0.29, 0.717) is 0 Å². The first kappa shape index (κ1) is 15.2. The summed E-state index contributed by atoms with van der Waals surface area (Å²) in [4.78, 5) is 2.19. The summed E-state index contributed by atoms with van der Waals surface area (Å²) in [5.41, 5.74) is 0.150. The lowest BCUT2D eigenvalue weighted by atomic mass is 9.91. The van der Waals surface area contributed by atoms with E-state index in [4.69, 9.17) is 4.74 Å². The number of halogens is 1. The number of nitrogens with one attached hydrogen (secondary N) is 1. The van der Waals surface area contributed by atoms with Gasteiger partial charge in [0, 0.05) is 24.9 Å². The van der Waals surface area contributed by atoms with Crippen LogP contribution in [0.4, 0.5) is 0 Å². The van der Waals surface area contributed by atoms with E-state index in [-0.39, 0.29) is 23.5 Å². The summed E-state index contributed by atoms with van der Waals surface area (Å²) < 4.78 is 5.89. The summed E-state index contributed by atoms with van der Waals surface area (Å²) in [6, 6.07) is 0. The van der Waals surface area contributed by atoms with Crippen LogP contribution in [-0.2, 0) is 4.74 Å². The maximum absolute atomic E-state index is 5.89. The Morgan fingerprint density at radius 2 is 1.87 bits per heavy atom. The van der Waals surface area contributed by atoms with Gasteiger partial charge in [0.15, 0.2) is 0 Å². The van der Waals surface area contributed by atoms with Crippen LogP contribution in [0, 0.1) is 5.41 Å². The van der Waals surface area contributed by atoms with E-state index < -0.39 is 0 Å². The Bertz CT molecular complexity index is 180. The van der Waals surface area contributed by atoms with Crippen LogP contribution >= 0.6 is 12.4 Å². The van der Waals surface area contributed by atoms with Gasteiger partial charge in [-0.2, -0.15) is 0 Å². The molecule has 1 saturated heterocycles. The zero-order valence-corrected chi connectivity index (χ0v) is 11.4. The van der Waals surface area contributed by atoms with Crippen LogP contribution in [0.5, 0.6) is 0 Å². The molecule has 0 aromatic rings. The van der Waals surface area contributed by atoms with Crippen LogP contribution in [0.1, 0.15) is 27.2 Å². The lowest BCUT2D eigenvalue weighted by Gasteiger charge is -2.43. The monoisotopic (exact) mass is 236 g/mol.